The lowest BCUT2D eigenvalue weighted by molar-refractivity contribution is -0.386. The molecule has 0 fully saturated rings. The molecular formula is C12H17N2O9P. The second-order valence-corrected chi connectivity index (χ2v) is 6.87. The standard InChI is InChI=1S/C11H17N2O7P.CO2/c1-20-9-6-7(5-8(10(9)14)13(16)17)11(15)21(18,19)4-2-3-12;2-1-3/h5-6,11,14-15H,2-4,12H2,1H3,(H,18,19);. The fraction of sp³-hybridized carbons (Fsp3) is 0.417. The van der Waals surface area contributed by atoms with Crippen LogP contribution in [0.15, 0.2) is 12.1 Å². The molecule has 2 unspecified atom stereocenters. The summed E-state index contributed by atoms with van der Waals surface area (Å²) in [6.45, 7) is 0.177. The van der Waals surface area contributed by atoms with E-state index in [1.165, 1.54) is 7.11 Å². The first kappa shape index (κ1) is 21.7. The Morgan fingerprint density at radius 2 is 2.00 bits per heavy atom. The van der Waals surface area contributed by atoms with Crippen molar-refractivity contribution in [1.29, 1.82) is 0 Å². The number of hydrogen-bond acceptors (Lipinski definition) is 9. The second-order valence-electron chi connectivity index (χ2n) is 4.43. The monoisotopic (exact) mass is 364 g/mol. The summed E-state index contributed by atoms with van der Waals surface area (Å²) in [6, 6.07) is 1.92. The molecule has 0 aliphatic rings. The molecule has 24 heavy (non-hydrogen) atoms. The minimum Gasteiger partial charge on any atom is -0.500 e. The highest BCUT2D eigenvalue weighted by Crippen LogP contribution is 2.55. The lowest BCUT2D eigenvalue weighted by atomic mass is 10.2. The Morgan fingerprint density at radius 3 is 2.42 bits per heavy atom. The summed E-state index contributed by atoms with van der Waals surface area (Å²) in [5.41, 5.74) is 4.35. The lowest BCUT2D eigenvalue weighted by Gasteiger charge is -2.19. The number of carbonyl (C=O) groups excluding carboxylic acids is 2. The van der Waals surface area contributed by atoms with Crippen molar-refractivity contribution in [3.63, 3.8) is 0 Å². The van der Waals surface area contributed by atoms with Gasteiger partial charge in [-0.15, -0.1) is 0 Å². The molecule has 0 aromatic heterocycles. The number of ether oxygens (including phenoxy) is 1. The third-order valence-electron chi connectivity index (χ3n) is 2.86. The first-order valence-corrected chi connectivity index (χ1v) is 8.31. The van der Waals surface area contributed by atoms with Gasteiger partial charge in [0.2, 0.25) is 13.1 Å². The van der Waals surface area contributed by atoms with Crippen molar-refractivity contribution in [1.82, 2.24) is 0 Å². The van der Waals surface area contributed by atoms with Crippen molar-refractivity contribution < 1.29 is 38.9 Å². The van der Waals surface area contributed by atoms with E-state index in [-0.39, 0.29) is 36.6 Å². The van der Waals surface area contributed by atoms with Gasteiger partial charge in [-0.25, -0.2) is 0 Å². The summed E-state index contributed by atoms with van der Waals surface area (Å²) in [4.78, 5) is 36.0. The van der Waals surface area contributed by atoms with Crippen molar-refractivity contribution in [2.45, 2.75) is 12.3 Å². The normalized spacial score (nSPS) is 13.7. The Bertz CT molecular complexity index is 658. The molecule has 0 spiro atoms. The number of aromatic hydroxyl groups is 1. The van der Waals surface area contributed by atoms with Crippen LogP contribution < -0.4 is 10.5 Å². The van der Waals surface area contributed by atoms with Crippen LogP contribution >= 0.6 is 7.37 Å². The number of hydrogen-bond donors (Lipinski definition) is 4. The Labute approximate surface area is 136 Å². The van der Waals surface area contributed by atoms with Gasteiger partial charge >= 0.3 is 11.8 Å². The number of rotatable bonds is 7. The topological polar surface area (TPSA) is 190 Å². The summed E-state index contributed by atoms with van der Waals surface area (Å²) in [5, 5.41) is 30.4. The highest BCUT2D eigenvalue weighted by Gasteiger charge is 2.33. The molecular weight excluding hydrogens is 347 g/mol. The maximum Gasteiger partial charge on any atom is 0.373 e. The summed E-state index contributed by atoms with van der Waals surface area (Å²) in [6.07, 6.45) is 0.254. The maximum absolute atomic E-state index is 12.0. The summed E-state index contributed by atoms with van der Waals surface area (Å²) in [7, 11) is -2.83. The zero-order valence-corrected chi connectivity index (χ0v) is 13.5. The van der Waals surface area contributed by atoms with E-state index < -0.39 is 29.6 Å². The van der Waals surface area contributed by atoms with E-state index in [4.69, 9.17) is 20.1 Å². The molecule has 0 heterocycles. The highest BCUT2D eigenvalue weighted by atomic mass is 31.2. The van der Waals surface area contributed by atoms with Gasteiger partial charge in [0.05, 0.1) is 12.0 Å². The number of nitro benzene ring substituents is 1. The van der Waals surface area contributed by atoms with E-state index in [0.717, 1.165) is 12.1 Å². The van der Waals surface area contributed by atoms with Gasteiger partial charge in [-0.2, -0.15) is 9.59 Å². The first-order chi connectivity index (χ1) is 11.2. The van der Waals surface area contributed by atoms with Gasteiger partial charge in [0.25, 0.3) is 0 Å². The highest BCUT2D eigenvalue weighted by molar-refractivity contribution is 7.58. The number of aliphatic hydroxyl groups excluding tert-OH is 1. The summed E-state index contributed by atoms with van der Waals surface area (Å²) in [5.74, 6) is -2.80. The Kier molecular flexibility index (Phi) is 8.83. The van der Waals surface area contributed by atoms with Gasteiger partial charge in [-0.3, -0.25) is 14.7 Å². The van der Waals surface area contributed by atoms with Gasteiger partial charge in [-0.1, -0.05) is 0 Å². The summed E-state index contributed by atoms with van der Waals surface area (Å²) >= 11 is 0. The molecule has 0 saturated carbocycles. The molecule has 1 rings (SSSR count). The van der Waals surface area contributed by atoms with Crippen molar-refractivity contribution in [3.05, 3.63) is 27.8 Å². The number of methoxy groups -OCH3 is 1. The van der Waals surface area contributed by atoms with E-state index in [2.05, 4.69) is 0 Å². The predicted octanol–water partition coefficient (Wildman–Crippen LogP) is 0.336. The minimum atomic E-state index is -4.00. The third kappa shape index (κ3) is 5.73. The van der Waals surface area contributed by atoms with Crippen LogP contribution in [0, 0.1) is 10.1 Å². The number of aliphatic hydroxyl groups is 1. The molecule has 2 atom stereocenters. The van der Waals surface area contributed by atoms with E-state index in [9.17, 15) is 29.8 Å². The molecule has 0 aliphatic heterocycles. The van der Waals surface area contributed by atoms with Crippen LogP contribution in [-0.4, -0.2) is 46.0 Å². The maximum atomic E-state index is 12.0. The van der Waals surface area contributed by atoms with E-state index >= 15 is 0 Å². The van der Waals surface area contributed by atoms with Gasteiger partial charge in [0.15, 0.2) is 11.6 Å². The number of phenolic OH excluding ortho intramolecular Hbond substituents is 1. The zero-order chi connectivity index (χ0) is 18.9. The third-order valence-corrected chi connectivity index (χ3v) is 4.88. The van der Waals surface area contributed by atoms with Gasteiger partial charge in [-0.05, 0) is 19.0 Å². The van der Waals surface area contributed by atoms with Crippen LogP contribution in [0.1, 0.15) is 17.8 Å². The average molecular weight is 364 g/mol. The molecule has 0 radical (unpaired) electrons. The predicted molar refractivity (Wildman–Crippen MR) is 79.6 cm³/mol. The molecule has 5 N–H and O–H groups in total. The van der Waals surface area contributed by atoms with Crippen LogP contribution in [-0.2, 0) is 14.2 Å². The SMILES string of the molecule is COc1cc(C(O)P(=O)(O)CCCN)cc([N+](=O)[O-])c1O.O=C=O. The van der Waals surface area contributed by atoms with Crippen molar-refractivity contribution in [3.8, 4) is 11.5 Å². The van der Waals surface area contributed by atoms with E-state index in [1.54, 1.807) is 0 Å². The van der Waals surface area contributed by atoms with E-state index in [1.807, 2.05) is 0 Å². The molecule has 12 heteroatoms. The second kappa shape index (κ2) is 9.76. The number of benzene rings is 1. The first-order valence-electron chi connectivity index (χ1n) is 6.40. The minimum absolute atomic E-state index is 0.177. The molecule has 0 bridgehead atoms. The number of nitrogens with zero attached hydrogens (tertiary/aromatic N) is 1. The fourth-order valence-electron chi connectivity index (χ4n) is 1.73. The largest absolute Gasteiger partial charge is 0.500 e. The Morgan fingerprint density at radius 1 is 1.46 bits per heavy atom. The van der Waals surface area contributed by atoms with Crippen molar-refractivity contribution in [2.24, 2.45) is 5.73 Å². The number of nitrogens with two attached hydrogens (primary N) is 1. The number of phenols is 1. The molecule has 0 amide bonds. The van der Waals surface area contributed by atoms with Crippen LogP contribution in [0.3, 0.4) is 0 Å². The molecule has 11 nitrogen and oxygen atoms in total. The molecule has 0 aliphatic carbocycles. The van der Waals surface area contributed by atoms with Gasteiger partial charge in [0.1, 0.15) is 0 Å². The van der Waals surface area contributed by atoms with Gasteiger partial charge in [0, 0.05) is 17.8 Å². The Balaban J connectivity index is 0.00000163. The molecule has 0 saturated heterocycles. The Hall–Kier alpha value is -2.29. The quantitative estimate of drug-likeness (QED) is 0.298. The zero-order valence-electron chi connectivity index (χ0n) is 12.6. The van der Waals surface area contributed by atoms with Crippen molar-refractivity contribution >= 4 is 19.2 Å². The van der Waals surface area contributed by atoms with Gasteiger partial charge < -0.3 is 25.6 Å². The van der Waals surface area contributed by atoms with Crippen LogP contribution in [0.4, 0.5) is 5.69 Å². The van der Waals surface area contributed by atoms with Crippen LogP contribution in [0.25, 0.3) is 0 Å². The molecule has 1 aromatic carbocycles. The fourth-order valence-corrected chi connectivity index (χ4v) is 3.23. The lowest BCUT2D eigenvalue weighted by Crippen LogP contribution is -2.07. The van der Waals surface area contributed by atoms with Crippen LogP contribution in [0.5, 0.6) is 11.5 Å². The van der Waals surface area contributed by atoms with E-state index in [0.29, 0.717) is 0 Å². The van der Waals surface area contributed by atoms with Crippen LogP contribution in [0.2, 0.25) is 0 Å². The summed E-state index contributed by atoms with van der Waals surface area (Å²) < 4.78 is 16.8. The number of nitro groups is 1. The smallest absolute Gasteiger partial charge is 0.373 e. The molecule has 134 valence electrons. The molecule has 1 aromatic rings. The van der Waals surface area contributed by atoms with Crippen molar-refractivity contribution in [2.75, 3.05) is 19.8 Å². The average Bonchev–Trinajstić information content (AvgIpc) is 2.53.